The second-order valence-electron chi connectivity index (χ2n) is 20.8. The molecule has 0 amide bonds. The minimum absolute atomic E-state index is 0.0451. The molecule has 7 rings (SSSR count). The Morgan fingerprint density at radius 2 is 1.33 bits per heavy atom. The molecule has 20 atom stereocenters. The summed E-state index contributed by atoms with van der Waals surface area (Å²) >= 11 is 0. The highest BCUT2D eigenvalue weighted by atomic mass is 16.8. The number of hydrogen-bond donors (Lipinski definition) is 9. The van der Waals surface area contributed by atoms with Crippen LogP contribution in [0.3, 0.4) is 0 Å². The van der Waals surface area contributed by atoms with E-state index >= 15 is 0 Å². The number of ether oxygens (including phenoxy) is 4. The molecule has 0 bridgehead atoms. The summed E-state index contributed by atoms with van der Waals surface area (Å²) < 4.78 is 23.4. The topological polar surface area (TPSA) is 270 Å². The fourth-order valence-electron chi connectivity index (χ4n) is 13.5. The predicted octanol–water partition coefficient (Wildman–Crippen LogP) is 1.12. The molecule has 16 nitrogen and oxygen atoms in total. The molecule has 0 aromatic carbocycles. The van der Waals surface area contributed by atoms with Crippen LogP contribution in [0.1, 0.15) is 99.8 Å². The lowest BCUT2D eigenvalue weighted by Crippen LogP contribution is -2.68. The lowest BCUT2D eigenvalue weighted by Gasteiger charge is -2.71. The Bertz CT molecular complexity index is 1680. The molecule has 4 saturated carbocycles. The molecule has 0 aromatic heterocycles. The van der Waals surface area contributed by atoms with Crippen LogP contribution >= 0.6 is 0 Å². The number of carbonyl (C=O) groups excluding carboxylic acids is 1. The van der Waals surface area contributed by atoms with Gasteiger partial charge in [0.1, 0.15) is 36.6 Å². The lowest BCUT2D eigenvalue weighted by atomic mass is 9.33. The van der Waals surface area contributed by atoms with Crippen molar-refractivity contribution in [3.63, 3.8) is 0 Å². The van der Waals surface area contributed by atoms with E-state index in [1.807, 2.05) is 26.8 Å². The fraction of sp³-hybridized carbons (Fsp3) is 0.881. The highest BCUT2D eigenvalue weighted by Gasteiger charge is 2.71. The Balaban J connectivity index is 1.18. The second-order valence-corrected chi connectivity index (χ2v) is 20.8. The van der Waals surface area contributed by atoms with Crippen molar-refractivity contribution in [1.82, 2.24) is 0 Å². The minimum atomic E-state index is -2.05. The van der Waals surface area contributed by atoms with Gasteiger partial charge in [-0.2, -0.15) is 0 Å². The first-order chi connectivity index (χ1) is 26.8. The van der Waals surface area contributed by atoms with E-state index in [4.69, 9.17) is 18.9 Å². The number of carboxylic acid groups (broad SMARTS) is 2. The third kappa shape index (κ3) is 6.29. The summed E-state index contributed by atoms with van der Waals surface area (Å²) in [6.07, 6.45) is -13.7. The zero-order chi connectivity index (χ0) is 42.9. The van der Waals surface area contributed by atoms with E-state index in [-0.39, 0.29) is 35.6 Å². The van der Waals surface area contributed by atoms with Gasteiger partial charge in [-0.25, -0.2) is 9.59 Å². The molecule has 0 radical (unpaired) electrons. The van der Waals surface area contributed by atoms with Gasteiger partial charge in [-0.1, -0.05) is 54.0 Å². The van der Waals surface area contributed by atoms with E-state index in [0.717, 1.165) is 31.3 Å². The Kier molecular flexibility index (Phi) is 11.0. The van der Waals surface area contributed by atoms with Crippen LogP contribution in [-0.2, 0) is 33.3 Å². The van der Waals surface area contributed by atoms with Crippen molar-refractivity contribution >= 4 is 17.7 Å². The first-order valence-electron chi connectivity index (χ1n) is 20.8. The summed E-state index contributed by atoms with van der Waals surface area (Å²) in [7, 11) is 0. The molecule has 2 heterocycles. The van der Waals surface area contributed by atoms with Gasteiger partial charge in [0.25, 0.3) is 0 Å². The summed E-state index contributed by atoms with van der Waals surface area (Å²) in [4.78, 5) is 38.8. The molecule has 5 aliphatic carbocycles. The molecule has 9 N–H and O–H groups in total. The van der Waals surface area contributed by atoms with Crippen molar-refractivity contribution in [2.45, 2.75) is 173 Å². The Morgan fingerprint density at radius 3 is 1.93 bits per heavy atom. The average molecular weight is 825 g/mol. The molecular formula is C42H64O16. The van der Waals surface area contributed by atoms with Gasteiger partial charge >= 0.3 is 11.9 Å². The molecule has 58 heavy (non-hydrogen) atoms. The molecule has 7 aliphatic rings. The largest absolute Gasteiger partial charge is 0.479 e. The Hall–Kier alpha value is -2.09. The highest BCUT2D eigenvalue weighted by Crippen LogP contribution is 2.75. The third-order valence-corrected chi connectivity index (χ3v) is 17.3. The van der Waals surface area contributed by atoms with Crippen molar-refractivity contribution < 1.29 is 79.3 Å². The maximum absolute atomic E-state index is 14.9. The van der Waals surface area contributed by atoms with Crippen LogP contribution in [0.4, 0.5) is 0 Å². The third-order valence-electron chi connectivity index (χ3n) is 17.3. The Labute approximate surface area is 338 Å². The molecule has 2 saturated heterocycles. The summed E-state index contributed by atoms with van der Waals surface area (Å²) in [5.41, 5.74) is -1.73. The number of fused-ring (bicyclic) bond motifs is 7. The number of carbonyl (C=O) groups is 3. The zero-order valence-corrected chi connectivity index (χ0v) is 34.5. The summed E-state index contributed by atoms with van der Waals surface area (Å²) in [5, 5.41) is 94.7. The first kappa shape index (κ1) is 44.0. The normalized spacial score (nSPS) is 53.9. The van der Waals surface area contributed by atoms with Gasteiger partial charge in [-0.3, -0.25) is 4.79 Å². The summed E-state index contributed by atoms with van der Waals surface area (Å²) in [5.74, 6) is -3.69. The lowest BCUT2D eigenvalue weighted by molar-refractivity contribution is -0.371. The number of carboxylic acids is 2. The number of aliphatic carboxylic acids is 2. The highest BCUT2D eigenvalue weighted by molar-refractivity contribution is 5.95. The molecule has 2 aliphatic heterocycles. The quantitative estimate of drug-likeness (QED) is 0.163. The molecule has 0 spiro atoms. The molecule has 16 heteroatoms. The van der Waals surface area contributed by atoms with Crippen LogP contribution in [0.15, 0.2) is 11.6 Å². The van der Waals surface area contributed by atoms with Gasteiger partial charge in [0, 0.05) is 17.9 Å². The van der Waals surface area contributed by atoms with Crippen LogP contribution in [-0.4, -0.2) is 144 Å². The number of hydrogen-bond acceptors (Lipinski definition) is 14. The van der Waals surface area contributed by atoms with E-state index in [2.05, 4.69) is 27.7 Å². The van der Waals surface area contributed by atoms with Crippen molar-refractivity contribution in [2.75, 3.05) is 6.61 Å². The van der Waals surface area contributed by atoms with E-state index in [1.54, 1.807) is 0 Å². The molecule has 6 fully saturated rings. The number of allylic oxidation sites excluding steroid dienone is 2. The van der Waals surface area contributed by atoms with Crippen LogP contribution in [0.5, 0.6) is 0 Å². The molecule has 0 unspecified atom stereocenters. The second kappa shape index (κ2) is 14.5. The van der Waals surface area contributed by atoms with Crippen molar-refractivity contribution in [3.8, 4) is 0 Å². The average Bonchev–Trinajstić information content (AvgIpc) is 3.13. The minimum Gasteiger partial charge on any atom is -0.479 e. The van der Waals surface area contributed by atoms with Gasteiger partial charge in [0.05, 0.1) is 12.2 Å². The molecular weight excluding hydrogens is 760 g/mol. The van der Waals surface area contributed by atoms with Crippen LogP contribution in [0.25, 0.3) is 0 Å². The van der Waals surface area contributed by atoms with Gasteiger partial charge in [0.2, 0.25) is 0 Å². The van der Waals surface area contributed by atoms with Gasteiger partial charge in [0.15, 0.2) is 30.6 Å². The van der Waals surface area contributed by atoms with Crippen molar-refractivity contribution in [2.24, 2.45) is 50.2 Å². The van der Waals surface area contributed by atoms with Gasteiger partial charge in [-0.05, 0) is 96.4 Å². The predicted molar refractivity (Wildman–Crippen MR) is 200 cm³/mol. The van der Waals surface area contributed by atoms with Crippen LogP contribution in [0.2, 0.25) is 0 Å². The molecule has 0 aromatic rings. The van der Waals surface area contributed by atoms with Crippen LogP contribution in [0, 0.1) is 50.2 Å². The monoisotopic (exact) mass is 824 g/mol. The number of aliphatic hydroxyl groups excluding tert-OH is 7. The maximum atomic E-state index is 14.9. The number of rotatable bonds is 7. The van der Waals surface area contributed by atoms with Crippen molar-refractivity contribution in [1.29, 1.82) is 0 Å². The zero-order valence-electron chi connectivity index (χ0n) is 34.5. The summed E-state index contributed by atoms with van der Waals surface area (Å²) in [6.45, 7) is 14.9. The maximum Gasteiger partial charge on any atom is 0.335 e. The van der Waals surface area contributed by atoms with Crippen LogP contribution < -0.4 is 0 Å². The number of aliphatic hydroxyl groups is 7. The smallest absolute Gasteiger partial charge is 0.335 e. The van der Waals surface area contributed by atoms with E-state index < -0.39 is 113 Å². The van der Waals surface area contributed by atoms with Crippen molar-refractivity contribution in [3.05, 3.63) is 11.6 Å². The van der Waals surface area contributed by atoms with E-state index in [9.17, 15) is 60.3 Å². The first-order valence-corrected chi connectivity index (χ1v) is 20.8. The fourth-order valence-corrected chi connectivity index (χ4v) is 13.5. The SMILES string of the molecule is CC1(C)[C@@H](O[C@@H]2O[C@H](C(=O)O)[C@@H](O)[C@H](O)[C@H]2O[C@@H]2O[C@H](C(=O)O)[C@@H](O)[C@H](O)[C@H]2O)CC[C@]2(C)[C@H]3C(=O)C=C4[C@@H]5C[C@@](C)(CO)C[C@@H](O)[C@]5(C)CC[C@@]4(C)[C@]3(C)CC[C@@H]12. The van der Waals surface area contributed by atoms with E-state index in [1.165, 1.54) is 0 Å². The summed E-state index contributed by atoms with van der Waals surface area (Å²) in [6, 6.07) is 0. The van der Waals surface area contributed by atoms with E-state index in [0.29, 0.717) is 25.7 Å². The molecule has 328 valence electrons. The number of ketones is 1. The Morgan fingerprint density at radius 1 is 0.724 bits per heavy atom. The van der Waals surface area contributed by atoms with Gasteiger partial charge < -0.3 is 64.9 Å². The van der Waals surface area contributed by atoms with Gasteiger partial charge in [-0.15, -0.1) is 0 Å². The standard InChI is InChI=1S/C42H64O16/c1-37(2)21-8-11-42(7)32(20(44)14-18-19-15-38(3,17-43)16-22(45)39(19,4)12-13-41(18,42)6)40(21,5)10-9-23(37)55-36-31(27(49)26(48)30(57-36)34(53)54)58-35-28(50)24(46)25(47)29(56-35)33(51)52/h14,19,21-32,35-36,43,45-50H,8-13,15-17H2,1-7H3,(H,51,52)(H,53,54)/t19-,21-,22+,23-,24-,25-,26-,27-,28+,29-,30-,31+,32+,35-,36+,38+,39+,40-,41+,42+/m0/s1.